The molecule has 3 rings (SSSR count). The van der Waals surface area contributed by atoms with Crippen molar-refractivity contribution in [2.45, 2.75) is 18.9 Å². The maximum atomic E-state index is 12.5. The Morgan fingerprint density at radius 2 is 2.10 bits per heavy atom. The molecule has 20 heavy (non-hydrogen) atoms. The topological polar surface area (TPSA) is 45.2 Å². The van der Waals surface area contributed by atoms with Gasteiger partial charge in [0.05, 0.1) is 5.52 Å². The quantitative estimate of drug-likeness (QED) is 0.907. The summed E-state index contributed by atoms with van der Waals surface area (Å²) in [4.78, 5) is 18.8. The Hall–Kier alpha value is -1.94. The van der Waals surface area contributed by atoms with E-state index in [9.17, 15) is 4.79 Å². The molecular weight excluding hydrogens is 250 g/mol. The maximum Gasteiger partial charge on any atom is 0.253 e. The van der Waals surface area contributed by atoms with E-state index < -0.39 is 0 Å². The summed E-state index contributed by atoms with van der Waals surface area (Å²) >= 11 is 0. The monoisotopic (exact) mass is 269 g/mol. The Bertz CT molecular complexity index is 618. The van der Waals surface area contributed by atoms with Crippen LogP contribution < -0.4 is 5.32 Å². The molecule has 1 aromatic heterocycles. The van der Waals surface area contributed by atoms with Gasteiger partial charge in [-0.15, -0.1) is 0 Å². The molecule has 0 bridgehead atoms. The van der Waals surface area contributed by atoms with Crippen molar-refractivity contribution >= 4 is 16.8 Å². The van der Waals surface area contributed by atoms with Crippen LogP contribution in [0.25, 0.3) is 10.9 Å². The fraction of sp³-hybridized carbons (Fsp3) is 0.375. The minimum atomic E-state index is 0.130. The molecule has 0 atom stereocenters. The van der Waals surface area contributed by atoms with Crippen LogP contribution in [0.15, 0.2) is 36.5 Å². The summed E-state index contributed by atoms with van der Waals surface area (Å²) in [5.74, 6) is 0.130. The van der Waals surface area contributed by atoms with Gasteiger partial charge in [-0.25, -0.2) is 0 Å². The maximum absolute atomic E-state index is 12.5. The molecule has 2 heterocycles. The van der Waals surface area contributed by atoms with Gasteiger partial charge in [-0.1, -0.05) is 6.07 Å². The molecule has 4 heteroatoms. The van der Waals surface area contributed by atoms with Crippen molar-refractivity contribution in [3.05, 3.63) is 42.1 Å². The molecule has 0 unspecified atom stereocenters. The van der Waals surface area contributed by atoms with Gasteiger partial charge in [-0.3, -0.25) is 9.78 Å². The summed E-state index contributed by atoms with van der Waals surface area (Å²) in [6, 6.07) is 10.2. The first-order valence-corrected chi connectivity index (χ1v) is 7.09. The number of nitrogens with one attached hydrogen (secondary N) is 1. The highest BCUT2D eigenvalue weighted by Gasteiger charge is 2.22. The van der Waals surface area contributed by atoms with Crippen molar-refractivity contribution in [1.29, 1.82) is 0 Å². The first-order valence-electron chi connectivity index (χ1n) is 7.09. The number of fused-ring (bicyclic) bond motifs is 1. The Kier molecular flexibility index (Phi) is 3.65. The molecule has 1 N–H and O–H groups in total. The van der Waals surface area contributed by atoms with Gasteiger partial charge in [0, 0.05) is 36.3 Å². The largest absolute Gasteiger partial charge is 0.339 e. The summed E-state index contributed by atoms with van der Waals surface area (Å²) in [6.07, 6.45) is 3.82. The van der Waals surface area contributed by atoms with Gasteiger partial charge in [-0.2, -0.15) is 0 Å². The van der Waals surface area contributed by atoms with Crippen molar-refractivity contribution in [2.75, 3.05) is 20.1 Å². The first kappa shape index (κ1) is 13.1. The number of hydrogen-bond donors (Lipinski definition) is 1. The van der Waals surface area contributed by atoms with E-state index in [0.29, 0.717) is 6.04 Å². The molecular formula is C16H19N3O. The molecule has 1 fully saturated rings. The van der Waals surface area contributed by atoms with Gasteiger partial charge >= 0.3 is 0 Å². The number of pyridine rings is 1. The second-order valence-corrected chi connectivity index (χ2v) is 5.27. The lowest BCUT2D eigenvalue weighted by Crippen LogP contribution is -2.43. The van der Waals surface area contributed by atoms with Crippen molar-refractivity contribution in [3.8, 4) is 0 Å². The zero-order valence-corrected chi connectivity index (χ0v) is 11.7. The van der Waals surface area contributed by atoms with E-state index in [1.807, 2.05) is 42.3 Å². The molecule has 104 valence electrons. The Morgan fingerprint density at radius 3 is 2.85 bits per heavy atom. The highest BCUT2D eigenvalue weighted by atomic mass is 16.2. The summed E-state index contributed by atoms with van der Waals surface area (Å²) in [5, 5.41) is 4.30. The van der Waals surface area contributed by atoms with Crippen LogP contribution >= 0.6 is 0 Å². The summed E-state index contributed by atoms with van der Waals surface area (Å²) < 4.78 is 0. The molecule has 2 aromatic rings. The summed E-state index contributed by atoms with van der Waals surface area (Å²) in [7, 11) is 1.98. The van der Waals surface area contributed by atoms with E-state index in [0.717, 1.165) is 42.4 Å². The van der Waals surface area contributed by atoms with E-state index >= 15 is 0 Å². The zero-order chi connectivity index (χ0) is 13.9. The van der Waals surface area contributed by atoms with Crippen LogP contribution in [0.1, 0.15) is 23.2 Å². The number of benzene rings is 1. The third kappa shape index (κ3) is 2.51. The van der Waals surface area contributed by atoms with Crippen LogP contribution in [0.2, 0.25) is 0 Å². The lowest BCUT2D eigenvalue weighted by molar-refractivity contribution is 0.0707. The van der Waals surface area contributed by atoms with Gasteiger partial charge in [0.25, 0.3) is 5.91 Å². The molecule has 4 nitrogen and oxygen atoms in total. The standard InChI is InChI=1S/C16H19N3O/c1-17-14-6-9-19(10-7-14)16(20)13-4-5-15-12(11-13)3-2-8-18-15/h2-5,8,11,14,17H,6-7,9-10H2,1H3. The van der Waals surface area contributed by atoms with E-state index in [-0.39, 0.29) is 5.91 Å². The van der Waals surface area contributed by atoms with Gasteiger partial charge < -0.3 is 10.2 Å². The van der Waals surface area contributed by atoms with Gasteiger partial charge in [0.2, 0.25) is 0 Å². The molecule has 1 aliphatic heterocycles. The molecule has 1 aromatic carbocycles. The summed E-state index contributed by atoms with van der Waals surface area (Å²) in [6.45, 7) is 1.66. The predicted octanol–water partition coefficient (Wildman–Crippen LogP) is 2.06. The number of piperidine rings is 1. The molecule has 0 saturated carbocycles. The van der Waals surface area contributed by atoms with Crippen molar-refractivity contribution in [2.24, 2.45) is 0 Å². The Labute approximate surface area is 118 Å². The zero-order valence-electron chi connectivity index (χ0n) is 11.7. The van der Waals surface area contributed by atoms with E-state index in [1.54, 1.807) is 6.20 Å². The van der Waals surface area contributed by atoms with Crippen LogP contribution in [0.3, 0.4) is 0 Å². The fourth-order valence-electron chi connectivity index (χ4n) is 2.76. The van der Waals surface area contributed by atoms with Crippen LogP contribution in [0.5, 0.6) is 0 Å². The van der Waals surface area contributed by atoms with Crippen LogP contribution in [0.4, 0.5) is 0 Å². The van der Waals surface area contributed by atoms with E-state index in [1.165, 1.54) is 0 Å². The van der Waals surface area contributed by atoms with Crippen LogP contribution in [-0.2, 0) is 0 Å². The average molecular weight is 269 g/mol. The molecule has 0 aliphatic carbocycles. The third-order valence-corrected chi connectivity index (χ3v) is 4.04. The second kappa shape index (κ2) is 5.59. The number of amides is 1. The lowest BCUT2D eigenvalue weighted by Gasteiger charge is -2.31. The molecule has 0 radical (unpaired) electrons. The highest BCUT2D eigenvalue weighted by Crippen LogP contribution is 2.17. The van der Waals surface area contributed by atoms with E-state index in [2.05, 4.69) is 10.3 Å². The minimum Gasteiger partial charge on any atom is -0.339 e. The molecule has 1 aliphatic rings. The van der Waals surface area contributed by atoms with Crippen LogP contribution in [0, 0.1) is 0 Å². The Morgan fingerprint density at radius 1 is 1.30 bits per heavy atom. The molecule has 1 amide bonds. The van der Waals surface area contributed by atoms with Crippen molar-refractivity contribution in [1.82, 2.24) is 15.2 Å². The number of carbonyl (C=O) groups excluding carboxylic acids is 1. The number of aromatic nitrogens is 1. The van der Waals surface area contributed by atoms with Crippen molar-refractivity contribution in [3.63, 3.8) is 0 Å². The van der Waals surface area contributed by atoms with Gasteiger partial charge in [0.15, 0.2) is 0 Å². The SMILES string of the molecule is CNC1CCN(C(=O)c2ccc3ncccc3c2)CC1. The molecule has 1 saturated heterocycles. The predicted molar refractivity (Wildman–Crippen MR) is 79.7 cm³/mol. The number of likely N-dealkylation sites (tertiary alicyclic amines) is 1. The van der Waals surface area contributed by atoms with Crippen LogP contribution in [-0.4, -0.2) is 42.0 Å². The lowest BCUT2D eigenvalue weighted by atomic mass is 10.0. The average Bonchev–Trinajstić information content (AvgIpc) is 2.54. The summed E-state index contributed by atoms with van der Waals surface area (Å²) in [5.41, 5.74) is 1.69. The second-order valence-electron chi connectivity index (χ2n) is 5.27. The number of rotatable bonds is 2. The van der Waals surface area contributed by atoms with E-state index in [4.69, 9.17) is 0 Å². The number of hydrogen-bond acceptors (Lipinski definition) is 3. The van der Waals surface area contributed by atoms with Gasteiger partial charge in [0.1, 0.15) is 0 Å². The first-order chi connectivity index (χ1) is 9.78. The smallest absolute Gasteiger partial charge is 0.253 e. The molecule has 0 spiro atoms. The normalized spacial score (nSPS) is 16.6. The minimum absolute atomic E-state index is 0.130. The Balaban J connectivity index is 1.79. The number of nitrogens with zero attached hydrogens (tertiary/aromatic N) is 2. The van der Waals surface area contributed by atoms with Gasteiger partial charge in [-0.05, 0) is 44.2 Å². The van der Waals surface area contributed by atoms with Crippen molar-refractivity contribution < 1.29 is 4.79 Å². The number of carbonyl (C=O) groups is 1. The fourth-order valence-corrected chi connectivity index (χ4v) is 2.76. The highest BCUT2D eigenvalue weighted by molar-refractivity contribution is 5.97. The third-order valence-electron chi connectivity index (χ3n) is 4.04.